The summed E-state index contributed by atoms with van der Waals surface area (Å²) in [6.45, 7) is 3.95. The molecule has 1 N–H and O–H groups in total. The van der Waals surface area contributed by atoms with Crippen LogP contribution < -0.4 is 5.32 Å². The molecule has 0 radical (unpaired) electrons. The van der Waals surface area contributed by atoms with Gasteiger partial charge in [0.25, 0.3) is 10.0 Å². The average molecular weight is 355 g/mol. The highest BCUT2D eigenvalue weighted by Crippen LogP contribution is 2.33. The molecule has 2 aromatic rings. The van der Waals surface area contributed by atoms with E-state index in [1.165, 1.54) is 12.3 Å². The van der Waals surface area contributed by atoms with Gasteiger partial charge in [0.1, 0.15) is 4.90 Å². The summed E-state index contributed by atoms with van der Waals surface area (Å²) >= 11 is 6.07. The maximum atomic E-state index is 12.8. The van der Waals surface area contributed by atoms with Crippen LogP contribution >= 0.6 is 11.6 Å². The van der Waals surface area contributed by atoms with E-state index in [-0.39, 0.29) is 11.4 Å². The van der Waals surface area contributed by atoms with E-state index in [9.17, 15) is 13.2 Å². The van der Waals surface area contributed by atoms with Gasteiger partial charge in [-0.15, -0.1) is 0 Å². The molecule has 1 aromatic heterocycles. The van der Waals surface area contributed by atoms with Gasteiger partial charge in [0.2, 0.25) is 0 Å². The smallest absolute Gasteiger partial charge is 0.305 e. The molecule has 0 aliphatic carbocycles. The molecule has 0 saturated heterocycles. The second-order valence-corrected chi connectivity index (χ2v) is 7.38. The van der Waals surface area contributed by atoms with E-state index < -0.39 is 16.1 Å². The van der Waals surface area contributed by atoms with E-state index in [0.717, 1.165) is 4.31 Å². The van der Waals surface area contributed by atoms with E-state index in [4.69, 9.17) is 11.6 Å². The highest BCUT2D eigenvalue weighted by Gasteiger charge is 2.38. The number of halogens is 1. The molecule has 9 heteroatoms. The number of nitrogens with one attached hydrogen (secondary N) is 1. The van der Waals surface area contributed by atoms with Gasteiger partial charge < -0.3 is 5.32 Å². The standard InChI is InChI=1S/C14H15ClN4O3S/c1-3-18-11(10(15)7-16-18)8-19-14(20)17-13-9(2)5-4-6-12(13)23(19,21)22/h4-7H,3,8H2,1-2H3,(H,17,20). The first kappa shape index (κ1) is 15.8. The highest BCUT2D eigenvalue weighted by molar-refractivity contribution is 7.90. The molecular formula is C14H15ClN4O3S. The van der Waals surface area contributed by atoms with Gasteiger partial charge in [0.05, 0.1) is 29.1 Å². The van der Waals surface area contributed by atoms with Gasteiger partial charge in [-0.05, 0) is 25.5 Å². The van der Waals surface area contributed by atoms with Gasteiger partial charge >= 0.3 is 6.03 Å². The fourth-order valence-electron chi connectivity index (χ4n) is 2.52. The molecule has 122 valence electrons. The lowest BCUT2D eigenvalue weighted by Gasteiger charge is -2.29. The van der Waals surface area contributed by atoms with Crippen LogP contribution in [0.5, 0.6) is 0 Å². The first-order chi connectivity index (χ1) is 10.9. The number of amides is 2. The second-order valence-electron chi connectivity index (χ2n) is 5.14. The number of hydrogen-bond acceptors (Lipinski definition) is 4. The lowest BCUT2D eigenvalue weighted by Crippen LogP contribution is -2.44. The first-order valence-corrected chi connectivity index (χ1v) is 8.81. The molecule has 0 unspecified atom stereocenters. The fraction of sp³-hybridized carbons (Fsp3) is 0.286. The van der Waals surface area contributed by atoms with E-state index in [1.807, 2.05) is 6.92 Å². The zero-order valence-electron chi connectivity index (χ0n) is 12.6. The Labute approximate surface area is 138 Å². The van der Waals surface area contributed by atoms with Crippen LogP contribution in [-0.4, -0.2) is 28.5 Å². The van der Waals surface area contributed by atoms with Crippen LogP contribution in [0.15, 0.2) is 29.3 Å². The number of aryl methyl sites for hydroxylation is 2. The van der Waals surface area contributed by atoms with Crippen LogP contribution in [0.2, 0.25) is 5.02 Å². The monoisotopic (exact) mass is 354 g/mol. The molecule has 0 bridgehead atoms. The Morgan fingerprint density at radius 2 is 2.09 bits per heavy atom. The van der Waals surface area contributed by atoms with E-state index in [2.05, 4.69) is 10.4 Å². The average Bonchev–Trinajstić information content (AvgIpc) is 2.85. The first-order valence-electron chi connectivity index (χ1n) is 6.99. The number of fused-ring (bicyclic) bond motifs is 1. The third-order valence-corrected chi connectivity index (χ3v) is 5.84. The van der Waals surface area contributed by atoms with Crippen molar-refractivity contribution in [3.8, 4) is 0 Å². The molecule has 0 fully saturated rings. The number of sulfonamides is 1. The third kappa shape index (κ3) is 2.47. The Kier molecular flexibility index (Phi) is 3.81. The van der Waals surface area contributed by atoms with Crippen LogP contribution in [0.25, 0.3) is 0 Å². The Morgan fingerprint density at radius 3 is 2.78 bits per heavy atom. The molecule has 2 heterocycles. The minimum absolute atomic E-state index is 0.0794. The molecule has 23 heavy (non-hydrogen) atoms. The summed E-state index contributed by atoms with van der Waals surface area (Å²) in [6.07, 6.45) is 1.44. The molecular weight excluding hydrogens is 340 g/mol. The molecule has 1 aromatic carbocycles. The van der Waals surface area contributed by atoms with Crippen LogP contribution in [-0.2, 0) is 23.1 Å². The number of carbonyl (C=O) groups excluding carboxylic acids is 1. The predicted octanol–water partition coefficient (Wildman–Crippen LogP) is 2.60. The predicted molar refractivity (Wildman–Crippen MR) is 85.8 cm³/mol. The summed E-state index contributed by atoms with van der Waals surface area (Å²) in [7, 11) is -3.95. The van der Waals surface area contributed by atoms with Gasteiger partial charge in [0, 0.05) is 6.54 Å². The highest BCUT2D eigenvalue weighted by atomic mass is 35.5. The number of nitrogens with zero attached hydrogens (tertiary/aromatic N) is 3. The van der Waals surface area contributed by atoms with Crippen molar-refractivity contribution in [3.05, 3.63) is 40.7 Å². The van der Waals surface area contributed by atoms with Crippen molar-refractivity contribution in [2.45, 2.75) is 31.8 Å². The van der Waals surface area contributed by atoms with Gasteiger partial charge in [0.15, 0.2) is 0 Å². The molecule has 3 rings (SSSR count). The Morgan fingerprint density at radius 1 is 1.35 bits per heavy atom. The molecule has 0 atom stereocenters. The van der Waals surface area contributed by atoms with Crippen molar-refractivity contribution in [1.29, 1.82) is 0 Å². The third-order valence-electron chi connectivity index (χ3n) is 3.75. The Bertz CT molecular complexity index is 891. The van der Waals surface area contributed by atoms with Crippen molar-refractivity contribution in [2.75, 3.05) is 5.32 Å². The molecule has 0 spiro atoms. The van der Waals surface area contributed by atoms with Gasteiger partial charge in [-0.2, -0.15) is 5.10 Å². The lowest BCUT2D eigenvalue weighted by atomic mass is 10.2. The zero-order chi connectivity index (χ0) is 16.8. The van der Waals surface area contributed by atoms with E-state index in [1.54, 1.807) is 23.7 Å². The summed E-state index contributed by atoms with van der Waals surface area (Å²) in [5.41, 5.74) is 1.49. The Hall–Kier alpha value is -2.06. The number of benzene rings is 1. The van der Waals surface area contributed by atoms with Crippen molar-refractivity contribution in [3.63, 3.8) is 0 Å². The van der Waals surface area contributed by atoms with Crippen molar-refractivity contribution in [1.82, 2.24) is 14.1 Å². The summed E-state index contributed by atoms with van der Waals surface area (Å²) in [5.74, 6) is 0. The van der Waals surface area contributed by atoms with Gasteiger partial charge in [-0.25, -0.2) is 17.5 Å². The number of anilines is 1. The SMILES string of the molecule is CCn1ncc(Cl)c1CN1C(=O)Nc2c(C)cccc2S1(=O)=O. The normalized spacial score (nSPS) is 16.1. The van der Waals surface area contributed by atoms with Crippen molar-refractivity contribution >= 4 is 33.3 Å². The molecule has 2 amide bonds. The van der Waals surface area contributed by atoms with E-state index >= 15 is 0 Å². The number of aromatic nitrogens is 2. The minimum Gasteiger partial charge on any atom is -0.305 e. The largest absolute Gasteiger partial charge is 0.336 e. The molecule has 0 saturated carbocycles. The second kappa shape index (κ2) is 5.54. The quantitative estimate of drug-likeness (QED) is 0.918. The zero-order valence-corrected chi connectivity index (χ0v) is 14.1. The van der Waals surface area contributed by atoms with Gasteiger partial charge in [-0.1, -0.05) is 23.7 Å². The Balaban J connectivity index is 2.07. The van der Waals surface area contributed by atoms with E-state index in [0.29, 0.717) is 28.5 Å². The number of carbonyl (C=O) groups is 1. The summed E-state index contributed by atoms with van der Waals surface area (Å²) < 4.78 is 27.9. The van der Waals surface area contributed by atoms with Crippen LogP contribution in [0, 0.1) is 6.92 Å². The number of hydrogen-bond donors (Lipinski definition) is 1. The number of rotatable bonds is 3. The van der Waals surface area contributed by atoms with Crippen molar-refractivity contribution < 1.29 is 13.2 Å². The summed E-state index contributed by atoms with van der Waals surface area (Å²) in [4.78, 5) is 12.4. The molecule has 1 aliphatic rings. The van der Waals surface area contributed by atoms with Crippen molar-refractivity contribution in [2.24, 2.45) is 0 Å². The maximum Gasteiger partial charge on any atom is 0.336 e. The summed E-state index contributed by atoms with van der Waals surface area (Å²) in [6, 6.07) is 4.16. The van der Waals surface area contributed by atoms with Crippen LogP contribution in [0.3, 0.4) is 0 Å². The molecule has 1 aliphatic heterocycles. The maximum absolute atomic E-state index is 12.8. The van der Waals surface area contributed by atoms with Gasteiger partial charge in [-0.3, -0.25) is 4.68 Å². The number of urea groups is 1. The van der Waals surface area contributed by atoms with Crippen LogP contribution in [0.4, 0.5) is 10.5 Å². The number of para-hydroxylation sites is 1. The lowest BCUT2D eigenvalue weighted by molar-refractivity contribution is 0.232. The topological polar surface area (TPSA) is 84.3 Å². The van der Waals surface area contributed by atoms with Crippen LogP contribution in [0.1, 0.15) is 18.2 Å². The molecule has 7 nitrogen and oxygen atoms in total. The fourth-order valence-corrected chi connectivity index (χ4v) is 4.24. The summed E-state index contributed by atoms with van der Waals surface area (Å²) in [5, 5.41) is 7.02. The minimum atomic E-state index is -3.95.